The molecule has 104 valence electrons. The monoisotopic (exact) mass is 279 g/mol. The number of rotatable bonds is 1. The van der Waals surface area contributed by atoms with Crippen LogP contribution in [0.4, 0.5) is 0 Å². The van der Waals surface area contributed by atoms with Crippen molar-refractivity contribution in [1.82, 2.24) is 5.32 Å². The molecule has 3 atom stereocenters. The zero-order chi connectivity index (χ0) is 13.3. The fourth-order valence-corrected chi connectivity index (χ4v) is 3.82. The molecule has 1 aliphatic carbocycles. The van der Waals surface area contributed by atoms with Gasteiger partial charge in [0, 0.05) is 22.7 Å². The van der Waals surface area contributed by atoms with Crippen LogP contribution in [0.1, 0.15) is 44.3 Å². The second-order valence-electron chi connectivity index (χ2n) is 6.18. The number of morpholine rings is 1. The SMILES string of the molecule is CC1CCCC2(COC(c3ccccc3Cl)CN2)C1. The van der Waals surface area contributed by atoms with Gasteiger partial charge in [-0.1, -0.05) is 49.6 Å². The van der Waals surface area contributed by atoms with Crippen LogP contribution in [0.3, 0.4) is 0 Å². The summed E-state index contributed by atoms with van der Waals surface area (Å²) in [6, 6.07) is 7.99. The van der Waals surface area contributed by atoms with Gasteiger partial charge in [-0.3, -0.25) is 0 Å². The first kappa shape index (κ1) is 13.4. The molecule has 19 heavy (non-hydrogen) atoms. The Labute approximate surface area is 120 Å². The molecule has 1 spiro atoms. The van der Waals surface area contributed by atoms with Crippen molar-refractivity contribution < 1.29 is 4.74 Å². The second-order valence-corrected chi connectivity index (χ2v) is 6.59. The van der Waals surface area contributed by atoms with E-state index in [9.17, 15) is 0 Å². The highest BCUT2D eigenvalue weighted by molar-refractivity contribution is 6.31. The summed E-state index contributed by atoms with van der Waals surface area (Å²) >= 11 is 6.25. The van der Waals surface area contributed by atoms with E-state index in [-0.39, 0.29) is 11.6 Å². The third kappa shape index (κ3) is 2.81. The number of nitrogens with one attached hydrogen (secondary N) is 1. The number of hydrogen-bond donors (Lipinski definition) is 1. The first-order chi connectivity index (χ1) is 9.19. The predicted octanol–water partition coefficient (Wildman–Crippen LogP) is 3.95. The van der Waals surface area contributed by atoms with Crippen LogP contribution in [0.25, 0.3) is 0 Å². The Bertz CT molecular complexity index is 440. The topological polar surface area (TPSA) is 21.3 Å². The molecule has 2 fully saturated rings. The van der Waals surface area contributed by atoms with E-state index >= 15 is 0 Å². The van der Waals surface area contributed by atoms with Crippen molar-refractivity contribution in [1.29, 1.82) is 0 Å². The molecule has 2 aliphatic rings. The zero-order valence-corrected chi connectivity index (χ0v) is 12.2. The summed E-state index contributed by atoms with van der Waals surface area (Å²) in [6.45, 7) is 4.03. The Morgan fingerprint density at radius 2 is 2.21 bits per heavy atom. The van der Waals surface area contributed by atoms with Crippen LogP contribution in [0.15, 0.2) is 24.3 Å². The van der Waals surface area contributed by atoms with Crippen molar-refractivity contribution >= 4 is 11.6 Å². The van der Waals surface area contributed by atoms with Gasteiger partial charge < -0.3 is 10.1 Å². The first-order valence-corrected chi connectivity index (χ1v) is 7.67. The molecule has 0 aromatic heterocycles. The molecule has 2 nitrogen and oxygen atoms in total. The van der Waals surface area contributed by atoms with Crippen LogP contribution < -0.4 is 5.32 Å². The lowest BCUT2D eigenvalue weighted by Crippen LogP contribution is -2.57. The summed E-state index contributed by atoms with van der Waals surface area (Å²) in [4.78, 5) is 0. The van der Waals surface area contributed by atoms with E-state index in [1.54, 1.807) is 0 Å². The molecular formula is C16H22ClNO. The minimum atomic E-state index is 0.0940. The van der Waals surface area contributed by atoms with Gasteiger partial charge in [-0.05, 0) is 24.8 Å². The smallest absolute Gasteiger partial charge is 0.0964 e. The van der Waals surface area contributed by atoms with Crippen LogP contribution in [0.5, 0.6) is 0 Å². The molecule has 1 aliphatic heterocycles. The van der Waals surface area contributed by atoms with Crippen LogP contribution >= 0.6 is 11.6 Å². The molecule has 1 saturated heterocycles. The zero-order valence-electron chi connectivity index (χ0n) is 11.5. The number of benzene rings is 1. The molecule has 1 aromatic carbocycles. The molecule has 3 unspecified atom stereocenters. The minimum absolute atomic E-state index is 0.0940. The summed E-state index contributed by atoms with van der Waals surface area (Å²) in [5, 5.41) is 4.56. The molecule has 3 rings (SSSR count). The highest BCUT2D eigenvalue weighted by Gasteiger charge is 2.39. The van der Waals surface area contributed by atoms with Crippen LogP contribution in [0, 0.1) is 5.92 Å². The molecule has 1 heterocycles. The molecule has 1 N–H and O–H groups in total. The number of hydrogen-bond acceptors (Lipinski definition) is 2. The molecule has 3 heteroatoms. The third-order valence-electron chi connectivity index (χ3n) is 4.57. The molecule has 0 amide bonds. The summed E-state index contributed by atoms with van der Waals surface area (Å²) in [5.74, 6) is 0.807. The minimum Gasteiger partial charge on any atom is -0.370 e. The van der Waals surface area contributed by atoms with Crippen molar-refractivity contribution in [2.75, 3.05) is 13.2 Å². The van der Waals surface area contributed by atoms with Crippen LogP contribution in [-0.2, 0) is 4.74 Å². The van der Waals surface area contributed by atoms with Crippen molar-refractivity contribution in [3.8, 4) is 0 Å². The average molecular weight is 280 g/mol. The van der Waals surface area contributed by atoms with Gasteiger partial charge in [-0.25, -0.2) is 0 Å². The van der Waals surface area contributed by atoms with E-state index in [0.717, 1.165) is 29.7 Å². The maximum Gasteiger partial charge on any atom is 0.0964 e. The van der Waals surface area contributed by atoms with E-state index in [4.69, 9.17) is 16.3 Å². The van der Waals surface area contributed by atoms with Gasteiger partial charge in [0.2, 0.25) is 0 Å². The number of ether oxygens (including phenoxy) is 1. The lowest BCUT2D eigenvalue weighted by Gasteiger charge is -2.45. The standard InChI is InChI=1S/C16H22ClNO/c1-12-5-4-8-16(9-12)11-19-15(10-18-16)13-6-2-3-7-14(13)17/h2-3,6-7,12,15,18H,4-5,8-11H2,1H3. The first-order valence-electron chi connectivity index (χ1n) is 7.30. The molecule has 0 bridgehead atoms. The lowest BCUT2D eigenvalue weighted by molar-refractivity contribution is -0.0526. The Kier molecular flexibility index (Phi) is 3.84. The van der Waals surface area contributed by atoms with Gasteiger partial charge in [0.05, 0.1) is 12.7 Å². The highest BCUT2D eigenvalue weighted by Crippen LogP contribution is 2.37. The predicted molar refractivity (Wildman–Crippen MR) is 78.5 cm³/mol. The van der Waals surface area contributed by atoms with Crippen molar-refractivity contribution in [2.24, 2.45) is 5.92 Å². The Hall–Kier alpha value is -0.570. The maximum absolute atomic E-state index is 6.25. The van der Waals surface area contributed by atoms with Crippen LogP contribution in [-0.4, -0.2) is 18.7 Å². The summed E-state index contributed by atoms with van der Waals surface area (Å²) < 4.78 is 6.14. The van der Waals surface area contributed by atoms with Crippen molar-refractivity contribution in [3.05, 3.63) is 34.9 Å². The van der Waals surface area contributed by atoms with E-state index in [1.165, 1.54) is 25.7 Å². The lowest BCUT2D eigenvalue weighted by atomic mass is 9.76. The van der Waals surface area contributed by atoms with E-state index in [0.29, 0.717) is 0 Å². The normalized spacial score (nSPS) is 35.5. The van der Waals surface area contributed by atoms with Gasteiger partial charge in [0.1, 0.15) is 0 Å². The summed E-state index contributed by atoms with van der Waals surface area (Å²) in [7, 11) is 0. The van der Waals surface area contributed by atoms with E-state index in [2.05, 4.69) is 18.3 Å². The van der Waals surface area contributed by atoms with E-state index in [1.807, 2.05) is 18.2 Å². The van der Waals surface area contributed by atoms with Crippen LogP contribution in [0.2, 0.25) is 5.02 Å². The van der Waals surface area contributed by atoms with Gasteiger partial charge in [-0.15, -0.1) is 0 Å². The van der Waals surface area contributed by atoms with E-state index < -0.39 is 0 Å². The fourth-order valence-electron chi connectivity index (χ4n) is 3.57. The summed E-state index contributed by atoms with van der Waals surface area (Å²) in [6.07, 6.45) is 5.25. The van der Waals surface area contributed by atoms with Gasteiger partial charge in [0.25, 0.3) is 0 Å². The Balaban J connectivity index is 1.68. The Morgan fingerprint density at radius 1 is 1.37 bits per heavy atom. The number of halogens is 1. The Morgan fingerprint density at radius 3 is 2.89 bits per heavy atom. The van der Waals surface area contributed by atoms with Gasteiger partial charge in [-0.2, -0.15) is 0 Å². The maximum atomic E-state index is 6.25. The highest BCUT2D eigenvalue weighted by atomic mass is 35.5. The molecule has 1 aromatic rings. The largest absolute Gasteiger partial charge is 0.370 e. The summed E-state index contributed by atoms with van der Waals surface area (Å²) in [5.41, 5.74) is 1.32. The molecular weight excluding hydrogens is 258 g/mol. The van der Waals surface area contributed by atoms with Gasteiger partial charge in [0.15, 0.2) is 0 Å². The molecule has 1 saturated carbocycles. The van der Waals surface area contributed by atoms with Gasteiger partial charge >= 0.3 is 0 Å². The molecule has 0 radical (unpaired) electrons. The average Bonchev–Trinajstić information content (AvgIpc) is 2.40. The third-order valence-corrected chi connectivity index (χ3v) is 4.91. The second kappa shape index (κ2) is 5.43. The van der Waals surface area contributed by atoms with Crippen molar-refractivity contribution in [3.63, 3.8) is 0 Å². The fraction of sp³-hybridized carbons (Fsp3) is 0.625. The quantitative estimate of drug-likeness (QED) is 0.840. The van der Waals surface area contributed by atoms with Crippen molar-refractivity contribution in [2.45, 2.75) is 44.2 Å².